The molecule has 1 radical (unpaired) electrons. The molecule has 0 aromatic carbocycles. The van der Waals surface area contributed by atoms with E-state index in [0.29, 0.717) is 0 Å². The smallest absolute Gasteiger partial charge is 0.111 e. The fourth-order valence-corrected chi connectivity index (χ4v) is 1.35. The molecule has 0 saturated heterocycles. The van der Waals surface area contributed by atoms with Crippen LogP contribution in [0.3, 0.4) is 0 Å². The van der Waals surface area contributed by atoms with Crippen LogP contribution in [0.1, 0.15) is 0 Å². The molecule has 0 N–H and O–H groups in total. The molecule has 3 heteroatoms. The molecule has 33 valence electrons. The third-order valence-electron chi connectivity index (χ3n) is 0.460. The molecule has 1 aliphatic heterocycles. The highest BCUT2D eigenvalue weighted by Crippen LogP contribution is 2.15. The van der Waals surface area contributed by atoms with Gasteiger partial charge < -0.3 is 0 Å². The van der Waals surface area contributed by atoms with Gasteiger partial charge in [-0.2, -0.15) is 4.72 Å². The van der Waals surface area contributed by atoms with Crippen LogP contribution in [-0.4, -0.2) is 4.95 Å². The van der Waals surface area contributed by atoms with E-state index in [9.17, 15) is 0 Å². The summed E-state index contributed by atoms with van der Waals surface area (Å²) in [6.45, 7) is 0. The van der Waals surface area contributed by atoms with Gasteiger partial charge >= 0.3 is 0 Å². The van der Waals surface area contributed by atoms with Crippen LogP contribution in [0, 0.1) is 0 Å². The van der Waals surface area contributed by atoms with Gasteiger partial charge in [0.25, 0.3) is 0 Å². The highest BCUT2D eigenvalue weighted by Gasteiger charge is 2.02. The Morgan fingerprint density at radius 2 is 2.67 bits per heavy atom. The summed E-state index contributed by atoms with van der Waals surface area (Å²) in [6, 6.07) is 0. The molecule has 1 heterocycles. The lowest BCUT2D eigenvalue weighted by molar-refractivity contribution is 1.08. The summed E-state index contributed by atoms with van der Waals surface area (Å²) in [4.78, 5) is 0.266. The van der Waals surface area contributed by atoms with Gasteiger partial charge in [0.15, 0.2) is 0 Å². The van der Waals surface area contributed by atoms with Crippen LogP contribution in [-0.2, 0) is 0 Å². The van der Waals surface area contributed by atoms with E-state index in [0.717, 1.165) is 0 Å². The lowest BCUT2D eigenvalue weighted by Gasteiger charge is -1.86. The van der Waals surface area contributed by atoms with Gasteiger partial charge in [-0.25, -0.2) is 0 Å². The van der Waals surface area contributed by atoms with Crippen molar-refractivity contribution in [1.29, 1.82) is 0 Å². The van der Waals surface area contributed by atoms with E-state index < -0.39 is 0 Å². The molecular formula is C3H3BrNS. The Morgan fingerprint density at radius 3 is 2.83 bits per heavy atom. The number of rotatable bonds is 0. The van der Waals surface area contributed by atoms with Crippen molar-refractivity contribution in [2.24, 2.45) is 0 Å². The van der Waals surface area contributed by atoms with Crippen LogP contribution in [0.25, 0.3) is 0 Å². The van der Waals surface area contributed by atoms with Crippen LogP contribution >= 0.6 is 27.9 Å². The average molecular weight is 165 g/mol. The van der Waals surface area contributed by atoms with Crippen molar-refractivity contribution in [3.8, 4) is 0 Å². The molecule has 0 amide bonds. The minimum Gasteiger partial charge on any atom is -0.152 e. The molecule has 0 fully saturated rings. The van der Waals surface area contributed by atoms with Crippen LogP contribution in [0.4, 0.5) is 0 Å². The van der Waals surface area contributed by atoms with Gasteiger partial charge in [0.05, 0.1) is 0 Å². The molecule has 0 aliphatic carbocycles. The van der Waals surface area contributed by atoms with Crippen molar-refractivity contribution in [2.45, 2.75) is 4.95 Å². The van der Waals surface area contributed by atoms with Crippen molar-refractivity contribution < 1.29 is 0 Å². The van der Waals surface area contributed by atoms with Gasteiger partial charge in [-0.05, 0) is 23.4 Å². The molecule has 6 heavy (non-hydrogen) atoms. The zero-order valence-electron chi connectivity index (χ0n) is 2.97. The first-order chi connectivity index (χ1) is 2.89. The Hall–Kier alpha value is 0.530. The Labute approximate surface area is 49.4 Å². The van der Waals surface area contributed by atoms with Crippen LogP contribution in [0.5, 0.6) is 0 Å². The maximum absolute atomic E-state index is 3.96. The predicted octanol–water partition coefficient (Wildman–Crippen LogP) is 1.49. The number of hydrogen-bond acceptors (Lipinski definition) is 1. The summed E-state index contributed by atoms with van der Waals surface area (Å²) < 4.78 is 3.96. The summed E-state index contributed by atoms with van der Waals surface area (Å²) >= 11 is 4.74. The maximum atomic E-state index is 3.96. The molecule has 0 saturated carbocycles. The molecule has 0 aromatic heterocycles. The highest BCUT2D eigenvalue weighted by atomic mass is 79.9. The van der Waals surface area contributed by atoms with Crippen molar-refractivity contribution in [1.82, 2.24) is 4.72 Å². The summed E-state index contributed by atoms with van der Waals surface area (Å²) in [5, 5.41) is 1.96. The fraction of sp³-hybridized carbons (Fsp3) is 0.333. The monoisotopic (exact) mass is 164 g/mol. The lowest BCUT2D eigenvalue weighted by Crippen LogP contribution is -1.95. The van der Waals surface area contributed by atoms with E-state index in [1.165, 1.54) is 11.9 Å². The van der Waals surface area contributed by atoms with Crippen molar-refractivity contribution >= 4 is 27.9 Å². The lowest BCUT2D eigenvalue weighted by atomic mass is 10.7. The van der Waals surface area contributed by atoms with E-state index >= 15 is 0 Å². The largest absolute Gasteiger partial charge is 0.152 e. The standard InChI is InChI=1S/C3H3BrNS/c4-3-1-2-6-5-3/h1-3H. The molecule has 1 atom stereocenters. The first-order valence-electron chi connectivity index (χ1n) is 1.56. The average Bonchev–Trinajstić information content (AvgIpc) is 1.86. The Kier molecular flexibility index (Phi) is 1.56. The molecule has 0 aromatic rings. The van der Waals surface area contributed by atoms with Crippen molar-refractivity contribution in [2.75, 3.05) is 0 Å². The Morgan fingerprint density at radius 1 is 1.83 bits per heavy atom. The zero-order valence-corrected chi connectivity index (χ0v) is 5.37. The Bertz CT molecular complexity index is 73.2. The van der Waals surface area contributed by atoms with Gasteiger partial charge in [-0.15, -0.1) is 0 Å². The quantitative estimate of drug-likeness (QED) is 0.301. The number of hydrogen-bond donors (Lipinski definition) is 0. The van der Waals surface area contributed by atoms with Crippen LogP contribution < -0.4 is 4.72 Å². The molecule has 0 bridgehead atoms. The second-order valence-corrected chi connectivity index (χ2v) is 2.54. The second kappa shape index (κ2) is 2.00. The Balaban J connectivity index is 2.38. The van der Waals surface area contributed by atoms with Gasteiger partial charge in [-0.3, -0.25) is 0 Å². The zero-order chi connectivity index (χ0) is 4.41. The minimum absolute atomic E-state index is 0.266. The van der Waals surface area contributed by atoms with Crippen molar-refractivity contribution in [3.05, 3.63) is 11.5 Å². The number of alkyl halides is 1. The third kappa shape index (κ3) is 0.996. The van der Waals surface area contributed by atoms with Gasteiger partial charge in [-0.1, -0.05) is 15.9 Å². The number of nitrogens with zero attached hydrogens (tertiary/aromatic N) is 1. The molecular weight excluding hydrogens is 162 g/mol. The number of halogens is 1. The minimum atomic E-state index is 0.266. The second-order valence-electron chi connectivity index (χ2n) is 0.912. The topological polar surface area (TPSA) is 14.1 Å². The van der Waals surface area contributed by atoms with Crippen LogP contribution in [0.15, 0.2) is 11.5 Å². The highest BCUT2D eigenvalue weighted by molar-refractivity contribution is 9.09. The summed E-state index contributed by atoms with van der Waals surface area (Å²) in [5.41, 5.74) is 0. The SMILES string of the molecule is BrC1C=CS[N]1. The molecule has 1 rings (SSSR count). The molecule has 1 unspecified atom stereocenters. The first kappa shape index (κ1) is 4.68. The normalized spacial score (nSPS) is 31.8. The first-order valence-corrected chi connectivity index (χ1v) is 3.31. The summed E-state index contributed by atoms with van der Waals surface area (Å²) in [5.74, 6) is 0. The third-order valence-corrected chi connectivity index (χ3v) is 1.87. The van der Waals surface area contributed by atoms with Gasteiger partial charge in [0.2, 0.25) is 0 Å². The molecule has 1 nitrogen and oxygen atoms in total. The van der Waals surface area contributed by atoms with E-state index in [4.69, 9.17) is 0 Å². The molecule has 1 aliphatic rings. The maximum Gasteiger partial charge on any atom is 0.111 e. The van der Waals surface area contributed by atoms with E-state index in [1.54, 1.807) is 0 Å². The van der Waals surface area contributed by atoms with E-state index in [1.807, 2.05) is 11.5 Å². The van der Waals surface area contributed by atoms with E-state index in [-0.39, 0.29) is 4.95 Å². The van der Waals surface area contributed by atoms with Crippen LogP contribution in [0.2, 0.25) is 0 Å². The molecule has 0 spiro atoms. The van der Waals surface area contributed by atoms with Gasteiger partial charge in [0, 0.05) is 0 Å². The summed E-state index contributed by atoms with van der Waals surface area (Å²) in [7, 11) is 0. The van der Waals surface area contributed by atoms with E-state index in [2.05, 4.69) is 20.7 Å². The predicted molar refractivity (Wildman–Crippen MR) is 31.6 cm³/mol. The van der Waals surface area contributed by atoms with Crippen molar-refractivity contribution in [3.63, 3.8) is 0 Å². The van der Waals surface area contributed by atoms with Gasteiger partial charge in [0.1, 0.15) is 4.95 Å². The fourth-order valence-electron chi connectivity index (χ4n) is 0.228. The summed E-state index contributed by atoms with van der Waals surface area (Å²) in [6.07, 6.45) is 1.99.